The van der Waals surface area contributed by atoms with Crippen molar-refractivity contribution in [3.63, 3.8) is 0 Å². The number of benzene rings is 2. The third-order valence-electron chi connectivity index (χ3n) is 5.17. The van der Waals surface area contributed by atoms with Gasteiger partial charge in [-0.05, 0) is 12.1 Å². The van der Waals surface area contributed by atoms with Gasteiger partial charge in [0.1, 0.15) is 0 Å². The van der Waals surface area contributed by atoms with Crippen molar-refractivity contribution in [2.24, 2.45) is 0 Å². The highest BCUT2D eigenvalue weighted by molar-refractivity contribution is 5.96. The van der Waals surface area contributed by atoms with Gasteiger partial charge in [0, 0.05) is 50.3 Å². The fraction of sp³-hybridized carbons (Fsp3) is 0.261. The van der Waals surface area contributed by atoms with E-state index in [0.717, 1.165) is 55.4 Å². The lowest BCUT2D eigenvalue weighted by Gasteiger charge is -2.35. The van der Waals surface area contributed by atoms with Crippen LogP contribution in [0.15, 0.2) is 72.8 Å². The first-order valence-electron chi connectivity index (χ1n) is 9.74. The quantitative estimate of drug-likeness (QED) is 0.620. The maximum Gasteiger partial charge on any atom is 0.164 e. The number of rotatable bonds is 6. The first-order chi connectivity index (χ1) is 13.8. The SMILES string of the molecule is O=C(CCN1CCN(c2ccc(-c3ccccc3)nn2)CC1)c1ccccc1. The molecule has 1 saturated heterocycles. The normalized spacial score (nSPS) is 14.8. The zero-order valence-corrected chi connectivity index (χ0v) is 15.9. The van der Waals surface area contributed by atoms with Gasteiger partial charge >= 0.3 is 0 Å². The molecule has 0 N–H and O–H groups in total. The molecule has 5 nitrogen and oxygen atoms in total. The molecule has 5 heteroatoms. The average Bonchev–Trinajstić information content (AvgIpc) is 2.79. The number of carbonyl (C=O) groups is 1. The fourth-order valence-corrected chi connectivity index (χ4v) is 3.49. The third kappa shape index (κ3) is 4.43. The third-order valence-corrected chi connectivity index (χ3v) is 5.17. The molecule has 0 aliphatic carbocycles. The molecule has 1 aliphatic heterocycles. The number of hydrogen-bond acceptors (Lipinski definition) is 5. The van der Waals surface area contributed by atoms with Crippen LogP contribution in [0.25, 0.3) is 11.3 Å². The summed E-state index contributed by atoms with van der Waals surface area (Å²) in [5.41, 5.74) is 2.77. The summed E-state index contributed by atoms with van der Waals surface area (Å²) in [6.07, 6.45) is 0.565. The monoisotopic (exact) mass is 372 g/mol. The minimum absolute atomic E-state index is 0.213. The smallest absolute Gasteiger partial charge is 0.164 e. The van der Waals surface area contributed by atoms with Crippen LogP contribution in [0.5, 0.6) is 0 Å². The Morgan fingerprint density at radius 2 is 1.46 bits per heavy atom. The molecule has 1 aliphatic rings. The Hall–Kier alpha value is -3.05. The van der Waals surface area contributed by atoms with Crippen molar-refractivity contribution < 1.29 is 4.79 Å². The van der Waals surface area contributed by atoms with E-state index in [1.807, 2.05) is 72.8 Å². The number of nitrogens with zero attached hydrogens (tertiary/aromatic N) is 4. The summed E-state index contributed by atoms with van der Waals surface area (Å²) in [6.45, 7) is 4.48. The number of carbonyl (C=O) groups excluding carboxylic acids is 1. The fourth-order valence-electron chi connectivity index (χ4n) is 3.49. The highest BCUT2D eigenvalue weighted by atomic mass is 16.1. The van der Waals surface area contributed by atoms with Gasteiger partial charge in [0.15, 0.2) is 11.6 Å². The Morgan fingerprint density at radius 3 is 2.11 bits per heavy atom. The highest BCUT2D eigenvalue weighted by Crippen LogP contribution is 2.19. The Kier molecular flexibility index (Phi) is 5.73. The maximum atomic E-state index is 12.3. The first-order valence-corrected chi connectivity index (χ1v) is 9.74. The Bertz CT molecular complexity index is 889. The van der Waals surface area contributed by atoms with Crippen LogP contribution in [0, 0.1) is 0 Å². The van der Waals surface area contributed by atoms with Gasteiger partial charge in [0.05, 0.1) is 5.69 Å². The molecule has 0 spiro atoms. The van der Waals surface area contributed by atoms with E-state index < -0.39 is 0 Å². The Morgan fingerprint density at radius 1 is 0.786 bits per heavy atom. The molecular formula is C23H24N4O. The van der Waals surface area contributed by atoms with E-state index in [-0.39, 0.29) is 5.78 Å². The lowest BCUT2D eigenvalue weighted by molar-refractivity contribution is 0.0962. The van der Waals surface area contributed by atoms with E-state index >= 15 is 0 Å². The number of ketones is 1. The predicted octanol–water partition coefficient (Wildman–Crippen LogP) is 3.54. The molecule has 2 aromatic carbocycles. The summed E-state index contributed by atoms with van der Waals surface area (Å²) in [4.78, 5) is 16.9. The molecular weight excluding hydrogens is 348 g/mol. The van der Waals surface area contributed by atoms with Crippen LogP contribution in [0.4, 0.5) is 5.82 Å². The van der Waals surface area contributed by atoms with E-state index in [4.69, 9.17) is 0 Å². The molecule has 142 valence electrons. The highest BCUT2D eigenvalue weighted by Gasteiger charge is 2.19. The standard InChI is InChI=1S/C23H24N4O/c28-22(20-9-5-2-6-10-20)13-14-26-15-17-27(18-16-26)23-12-11-21(24-25-23)19-7-3-1-4-8-19/h1-12H,13-18H2. The largest absolute Gasteiger partial charge is 0.353 e. The van der Waals surface area contributed by atoms with Crippen LogP contribution < -0.4 is 4.90 Å². The molecule has 0 saturated carbocycles. The van der Waals surface area contributed by atoms with E-state index in [2.05, 4.69) is 20.0 Å². The Balaban J connectivity index is 1.28. The summed E-state index contributed by atoms with van der Waals surface area (Å²) in [7, 11) is 0. The lowest BCUT2D eigenvalue weighted by Crippen LogP contribution is -2.47. The van der Waals surface area contributed by atoms with Crippen molar-refractivity contribution in [2.75, 3.05) is 37.6 Å². The van der Waals surface area contributed by atoms with E-state index in [1.54, 1.807) is 0 Å². The van der Waals surface area contributed by atoms with Crippen molar-refractivity contribution >= 4 is 11.6 Å². The molecule has 0 atom stereocenters. The molecule has 0 amide bonds. The molecule has 0 unspecified atom stereocenters. The second-order valence-corrected chi connectivity index (χ2v) is 7.01. The summed E-state index contributed by atoms with van der Waals surface area (Å²) < 4.78 is 0. The van der Waals surface area contributed by atoms with Crippen LogP contribution >= 0.6 is 0 Å². The van der Waals surface area contributed by atoms with Gasteiger partial charge in [-0.2, -0.15) is 0 Å². The number of aromatic nitrogens is 2. The second-order valence-electron chi connectivity index (χ2n) is 7.01. The van der Waals surface area contributed by atoms with Gasteiger partial charge in [-0.25, -0.2) is 0 Å². The first kappa shape index (κ1) is 18.3. The van der Waals surface area contributed by atoms with E-state index in [0.29, 0.717) is 6.42 Å². The molecule has 1 fully saturated rings. The predicted molar refractivity (Wildman–Crippen MR) is 112 cm³/mol. The molecule has 1 aromatic heterocycles. The van der Waals surface area contributed by atoms with Crippen LogP contribution in [-0.4, -0.2) is 53.6 Å². The van der Waals surface area contributed by atoms with E-state index in [9.17, 15) is 4.79 Å². The molecule has 0 radical (unpaired) electrons. The molecule has 3 aromatic rings. The maximum absolute atomic E-state index is 12.3. The second kappa shape index (κ2) is 8.76. The topological polar surface area (TPSA) is 49.3 Å². The number of piperazine rings is 1. The van der Waals surface area contributed by atoms with Crippen molar-refractivity contribution in [2.45, 2.75) is 6.42 Å². The minimum Gasteiger partial charge on any atom is -0.353 e. The van der Waals surface area contributed by atoms with Gasteiger partial charge in [-0.1, -0.05) is 60.7 Å². The van der Waals surface area contributed by atoms with Gasteiger partial charge < -0.3 is 4.90 Å². The lowest BCUT2D eigenvalue weighted by atomic mass is 10.1. The zero-order valence-electron chi connectivity index (χ0n) is 15.9. The van der Waals surface area contributed by atoms with Crippen molar-refractivity contribution in [3.05, 3.63) is 78.4 Å². The van der Waals surface area contributed by atoms with E-state index in [1.165, 1.54) is 0 Å². The summed E-state index contributed by atoms with van der Waals surface area (Å²) in [5.74, 6) is 1.13. The average molecular weight is 372 g/mol. The summed E-state index contributed by atoms with van der Waals surface area (Å²) in [5, 5.41) is 8.81. The number of anilines is 1. The van der Waals surface area contributed by atoms with Gasteiger partial charge in [0.2, 0.25) is 0 Å². The van der Waals surface area contributed by atoms with Gasteiger partial charge in [-0.15, -0.1) is 10.2 Å². The number of Topliss-reactive ketones (excluding diaryl/α,β-unsaturated/α-hetero) is 1. The Labute approximate surface area is 165 Å². The van der Waals surface area contributed by atoms with Crippen LogP contribution in [0.3, 0.4) is 0 Å². The van der Waals surface area contributed by atoms with Gasteiger partial charge in [-0.3, -0.25) is 9.69 Å². The summed E-state index contributed by atoms with van der Waals surface area (Å²) >= 11 is 0. The molecule has 0 bridgehead atoms. The van der Waals surface area contributed by atoms with Crippen LogP contribution in [0.2, 0.25) is 0 Å². The van der Waals surface area contributed by atoms with Gasteiger partial charge in [0.25, 0.3) is 0 Å². The minimum atomic E-state index is 0.213. The van der Waals surface area contributed by atoms with Crippen molar-refractivity contribution in [1.29, 1.82) is 0 Å². The van der Waals surface area contributed by atoms with Crippen molar-refractivity contribution in [1.82, 2.24) is 15.1 Å². The molecule has 2 heterocycles. The summed E-state index contributed by atoms with van der Waals surface area (Å²) in [6, 6.07) is 23.7. The molecule has 4 rings (SSSR count). The number of hydrogen-bond donors (Lipinski definition) is 0. The van der Waals surface area contributed by atoms with Crippen molar-refractivity contribution in [3.8, 4) is 11.3 Å². The molecule has 28 heavy (non-hydrogen) atoms. The zero-order chi connectivity index (χ0) is 19.2. The van der Waals surface area contributed by atoms with Crippen LogP contribution in [-0.2, 0) is 0 Å². The van der Waals surface area contributed by atoms with Crippen LogP contribution in [0.1, 0.15) is 16.8 Å².